The summed E-state index contributed by atoms with van der Waals surface area (Å²) in [5.41, 5.74) is 2.54. The molecule has 5 heteroatoms. The number of phenols is 1. The average molecular weight is 245 g/mol. The Labute approximate surface area is 105 Å². The van der Waals surface area contributed by atoms with E-state index in [2.05, 4.69) is 17.2 Å². The van der Waals surface area contributed by atoms with Crippen molar-refractivity contribution in [1.82, 2.24) is 9.78 Å². The van der Waals surface area contributed by atoms with Crippen LogP contribution >= 0.6 is 0 Å². The molecule has 0 amide bonds. The van der Waals surface area contributed by atoms with Crippen molar-refractivity contribution in [3.8, 4) is 11.4 Å². The van der Waals surface area contributed by atoms with Crippen LogP contribution in [0.1, 0.15) is 24.6 Å². The molecule has 2 rings (SSSR count). The number of aromatic hydroxyl groups is 1. The monoisotopic (exact) mass is 245 g/mol. The van der Waals surface area contributed by atoms with Gasteiger partial charge >= 0.3 is 0 Å². The zero-order valence-corrected chi connectivity index (χ0v) is 10.1. The van der Waals surface area contributed by atoms with E-state index in [9.17, 15) is 5.11 Å². The van der Waals surface area contributed by atoms with Crippen LogP contribution in [0.4, 0.5) is 0 Å². The average Bonchev–Trinajstić information content (AvgIpc) is 2.75. The van der Waals surface area contributed by atoms with Crippen LogP contribution in [-0.2, 0) is 6.42 Å². The molecular formula is C13H15N3O2. The van der Waals surface area contributed by atoms with Crippen LogP contribution in [0.15, 0.2) is 35.6 Å². The summed E-state index contributed by atoms with van der Waals surface area (Å²) >= 11 is 0. The Balaban J connectivity index is 2.39. The Hall–Kier alpha value is -2.30. The van der Waals surface area contributed by atoms with Gasteiger partial charge < -0.3 is 10.3 Å². The van der Waals surface area contributed by atoms with E-state index in [1.165, 1.54) is 6.21 Å². The number of phenolic OH excluding ortho intramolecular Hbond substituents is 1. The summed E-state index contributed by atoms with van der Waals surface area (Å²) < 4.78 is 1.71. The molecule has 0 atom stereocenters. The summed E-state index contributed by atoms with van der Waals surface area (Å²) in [5, 5.41) is 25.4. The molecule has 18 heavy (non-hydrogen) atoms. The van der Waals surface area contributed by atoms with Crippen molar-refractivity contribution >= 4 is 6.21 Å². The Bertz CT molecular complexity index is 544. The van der Waals surface area contributed by atoms with Crippen molar-refractivity contribution in [3.63, 3.8) is 0 Å². The SMILES string of the molecule is CCCc1nn(-c2ccc(O)cc2)cc1C=NO. The molecule has 1 heterocycles. The lowest BCUT2D eigenvalue weighted by atomic mass is 10.2. The van der Waals surface area contributed by atoms with E-state index < -0.39 is 0 Å². The van der Waals surface area contributed by atoms with Gasteiger partial charge in [-0.2, -0.15) is 5.10 Å². The van der Waals surface area contributed by atoms with Crippen LogP contribution < -0.4 is 0 Å². The first-order valence-electron chi connectivity index (χ1n) is 5.80. The molecular weight excluding hydrogens is 230 g/mol. The molecule has 1 aromatic carbocycles. The van der Waals surface area contributed by atoms with E-state index in [1.807, 2.05) is 0 Å². The third-order valence-electron chi connectivity index (χ3n) is 2.62. The zero-order chi connectivity index (χ0) is 13.0. The van der Waals surface area contributed by atoms with Crippen molar-refractivity contribution in [2.24, 2.45) is 5.16 Å². The number of hydrogen-bond donors (Lipinski definition) is 2. The quantitative estimate of drug-likeness (QED) is 0.493. The Morgan fingerprint density at radius 1 is 1.33 bits per heavy atom. The maximum Gasteiger partial charge on any atom is 0.115 e. The molecule has 5 nitrogen and oxygen atoms in total. The van der Waals surface area contributed by atoms with Gasteiger partial charge in [0.05, 0.1) is 17.6 Å². The smallest absolute Gasteiger partial charge is 0.115 e. The molecule has 1 aromatic heterocycles. The van der Waals surface area contributed by atoms with E-state index in [1.54, 1.807) is 35.1 Å². The molecule has 0 saturated carbocycles. The molecule has 0 radical (unpaired) electrons. The van der Waals surface area contributed by atoms with Crippen molar-refractivity contribution in [1.29, 1.82) is 0 Å². The van der Waals surface area contributed by atoms with E-state index in [0.29, 0.717) is 0 Å². The first-order valence-corrected chi connectivity index (χ1v) is 5.80. The lowest BCUT2D eigenvalue weighted by molar-refractivity contribution is 0.322. The Morgan fingerprint density at radius 2 is 2.06 bits per heavy atom. The number of aromatic nitrogens is 2. The second-order valence-corrected chi connectivity index (χ2v) is 3.99. The van der Waals surface area contributed by atoms with Gasteiger partial charge in [0.2, 0.25) is 0 Å². The van der Waals surface area contributed by atoms with E-state index in [4.69, 9.17) is 5.21 Å². The number of benzene rings is 1. The standard InChI is InChI=1S/C13H15N3O2/c1-2-3-13-10(8-14-18)9-16(15-13)11-4-6-12(17)7-5-11/h4-9,17-18H,2-3H2,1H3. The largest absolute Gasteiger partial charge is 0.508 e. The highest BCUT2D eigenvalue weighted by atomic mass is 16.4. The molecule has 0 spiro atoms. The van der Waals surface area contributed by atoms with Gasteiger partial charge in [0.25, 0.3) is 0 Å². The fourth-order valence-corrected chi connectivity index (χ4v) is 1.76. The maximum absolute atomic E-state index is 9.25. The molecule has 0 bridgehead atoms. The van der Waals surface area contributed by atoms with Crippen molar-refractivity contribution in [2.75, 3.05) is 0 Å². The molecule has 0 aliphatic carbocycles. The molecule has 2 N–H and O–H groups in total. The molecule has 94 valence electrons. The first-order chi connectivity index (χ1) is 8.74. The number of oxime groups is 1. The second kappa shape index (κ2) is 5.35. The Kier molecular flexibility index (Phi) is 3.62. The molecule has 0 aliphatic heterocycles. The highest BCUT2D eigenvalue weighted by Gasteiger charge is 2.08. The predicted octanol–water partition coefficient (Wildman–Crippen LogP) is 2.34. The van der Waals surface area contributed by atoms with Gasteiger partial charge in [-0.25, -0.2) is 4.68 Å². The topological polar surface area (TPSA) is 70.6 Å². The number of rotatable bonds is 4. The van der Waals surface area contributed by atoms with Crippen LogP contribution in [0.2, 0.25) is 0 Å². The zero-order valence-electron chi connectivity index (χ0n) is 10.1. The minimum Gasteiger partial charge on any atom is -0.508 e. The lowest BCUT2D eigenvalue weighted by Crippen LogP contribution is -1.95. The van der Waals surface area contributed by atoms with Crippen LogP contribution in [0.5, 0.6) is 5.75 Å². The highest BCUT2D eigenvalue weighted by molar-refractivity contribution is 5.80. The van der Waals surface area contributed by atoms with E-state index in [0.717, 1.165) is 29.8 Å². The van der Waals surface area contributed by atoms with Gasteiger partial charge in [0, 0.05) is 11.8 Å². The fraction of sp³-hybridized carbons (Fsp3) is 0.231. The third-order valence-corrected chi connectivity index (χ3v) is 2.62. The molecule has 0 unspecified atom stereocenters. The van der Waals surface area contributed by atoms with Crippen LogP contribution in [0.3, 0.4) is 0 Å². The lowest BCUT2D eigenvalue weighted by Gasteiger charge is -2.00. The molecule has 0 aliphatic rings. The van der Waals surface area contributed by atoms with Gasteiger partial charge in [-0.3, -0.25) is 0 Å². The molecule has 2 aromatic rings. The normalized spacial score (nSPS) is 11.2. The Morgan fingerprint density at radius 3 is 2.67 bits per heavy atom. The predicted molar refractivity (Wildman–Crippen MR) is 68.6 cm³/mol. The number of nitrogens with zero attached hydrogens (tertiary/aromatic N) is 3. The van der Waals surface area contributed by atoms with Gasteiger partial charge in [-0.1, -0.05) is 18.5 Å². The third kappa shape index (κ3) is 2.51. The van der Waals surface area contributed by atoms with Gasteiger partial charge in [0.1, 0.15) is 5.75 Å². The van der Waals surface area contributed by atoms with Crippen LogP contribution in [-0.4, -0.2) is 26.3 Å². The van der Waals surface area contributed by atoms with Gasteiger partial charge in [0.15, 0.2) is 0 Å². The van der Waals surface area contributed by atoms with Crippen molar-refractivity contribution in [3.05, 3.63) is 41.7 Å². The van der Waals surface area contributed by atoms with Crippen LogP contribution in [0.25, 0.3) is 5.69 Å². The van der Waals surface area contributed by atoms with Gasteiger partial charge in [-0.05, 0) is 30.7 Å². The summed E-state index contributed by atoms with van der Waals surface area (Å²) in [7, 11) is 0. The summed E-state index contributed by atoms with van der Waals surface area (Å²) in [5.74, 6) is 0.219. The highest BCUT2D eigenvalue weighted by Crippen LogP contribution is 2.16. The van der Waals surface area contributed by atoms with Crippen LogP contribution in [0, 0.1) is 0 Å². The van der Waals surface area contributed by atoms with Crippen molar-refractivity contribution < 1.29 is 10.3 Å². The fourth-order valence-electron chi connectivity index (χ4n) is 1.76. The van der Waals surface area contributed by atoms with Gasteiger partial charge in [-0.15, -0.1) is 0 Å². The number of aryl methyl sites for hydroxylation is 1. The summed E-state index contributed by atoms with van der Waals surface area (Å²) in [6.45, 7) is 2.07. The van der Waals surface area contributed by atoms with E-state index >= 15 is 0 Å². The maximum atomic E-state index is 9.25. The first kappa shape index (κ1) is 12.2. The minimum atomic E-state index is 0.219. The summed E-state index contributed by atoms with van der Waals surface area (Å²) in [4.78, 5) is 0. The summed E-state index contributed by atoms with van der Waals surface area (Å²) in [6.07, 6.45) is 4.98. The minimum absolute atomic E-state index is 0.219. The van der Waals surface area contributed by atoms with E-state index in [-0.39, 0.29) is 5.75 Å². The van der Waals surface area contributed by atoms with Crippen molar-refractivity contribution in [2.45, 2.75) is 19.8 Å². The molecule has 0 saturated heterocycles. The molecule has 0 fully saturated rings. The number of hydrogen-bond acceptors (Lipinski definition) is 4. The second-order valence-electron chi connectivity index (χ2n) is 3.99. The summed E-state index contributed by atoms with van der Waals surface area (Å²) in [6, 6.07) is 6.77.